The van der Waals surface area contributed by atoms with Crippen molar-refractivity contribution >= 4 is 11.9 Å². The van der Waals surface area contributed by atoms with Gasteiger partial charge < -0.3 is 19.7 Å². The minimum absolute atomic E-state index is 0.209. The monoisotopic (exact) mass is 415 g/mol. The third kappa shape index (κ3) is 7.54. The van der Waals surface area contributed by atoms with Crippen molar-refractivity contribution in [2.45, 2.75) is 6.18 Å². The number of carboxylic acids is 1. The average Bonchev–Trinajstić information content (AvgIpc) is 3.20. The number of nitrogens with one attached hydrogen (secondary N) is 1. The molecule has 0 saturated carbocycles. The van der Waals surface area contributed by atoms with Crippen LogP contribution < -0.4 is 5.32 Å². The van der Waals surface area contributed by atoms with E-state index in [0.29, 0.717) is 18.0 Å². The predicted molar refractivity (Wildman–Crippen MR) is 95.2 cm³/mol. The van der Waals surface area contributed by atoms with Crippen LogP contribution in [-0.4, -0.2) is 72.6 Å². The van der Waals surface area contributed by atoms with Gasteiger partial charge in [0, 0.05) is 37.8 Å². The molecule has 0 unspecified atom stereocenters. The highest BCUT2D eigenvalue weighted by molar-refractivity contribution is 5.93. The van der Waals surface area contributed by atoms with Gasteiger partial charge in [-0.05, 0) is 0 Å². The normalized spacial score (nSPS) is 14.6. The molecule has 0 atom stereocenters. The molecule has 1 aromatic heterocycles. The lowest BCUT2D eigenvalue weighted by Crippen LogP contribution is -2.41. The highest BCUT2D eigenvalue weighted by atomic mass is 19.4. The Morgan fingerprint density at radius 1 is 1.17 bits per heavy atom. The van der Waals surface area contributed by atoms with Crippen molar-refractivity contribution in [3.63, 3.8) is 0 Å². The molecule has 2 aromatic rings. The van der Waals surface area contributed by atoms with E-state index in [9.17, 15) is 18.0 Å². The Morgan fingerprint density at radius 2 is 1.79 bits per heavy atom. The molecule has 0 radical (unpaired) electrons. The molecule has 0 bridgehead atoms. The summed E-state index contributed by atoms with van der Waals surface area (Å²) in [7, 11) is 0. The van der Waals surface area contributed by atoms with Crippen LogP contribution in [0.3, 0.4) is 0 Å². The van der Waals surface area contributed by atoms with Crippen molar-refractivity contribution < 1.29 is 37.1 Å². The molecule has 158 valence electrons. The summed E-state index contributed by atoms with van der Waals surface area (Å²) in [6, 6.07) is 11.3. The number of alkyl halides is 3. The number of nitrogens with zero attached hydrogens (tertiary/aromatic N) is 2. The van der Waals surface area contributed by atoms with Crippen LogP contribution >= 0.6 is 0 Å². The molecule has 29 heavy (non-hydrogen) atoms. The smallest absolute Gasteiger partial charge is 0.475 e. The number of aromatic nitrogens is 1. The van der Waals surface area contributed by atoms with Gasteiger partial charge in [-0.2, -0.15) is 13.2 Å². The first kappa shape index (κ1) is 22.4. The molecular formula is C18H20F3N3O5. The van der Waals surface area contributed by atoms with Crippen LogP contribution in [0.25, 0.3) is 11.3 Å². The van der Waals surface area contributed by atoms with Crippen molar-refractivity contribution in [3.05, 3.63) is 42.1 Å². The average molecular weight is 415 g/mol. The van der Waals surface area contributed by atoms with E-state index in [1.165, 1.54) is 0 Å². The van der Waals surface area contributed by atoms with Crippen molar-refractivity contribution in [1.29, 1.82) is 0 Å². The maximum Gasteiger partial charge on any atom is 0.490 e. The number of carbonyl (C=O) groups is 2. The van der Waals surface area contributed by atoms with Crippen LogP contribution in [0, 0.1) is 0 Å². The van der Waals surface area contributed by atoms with Gasteiger partial charge >= 0.3 is 12.1 Å². The van der Waals surface area contributed by atoms with E-state index >= 15 is 0 Å². The van der Waals surface area contributed by atoms with Gasteiger partial charge in [0.1, 0.15) is 0 Å². The first-order valence-corrected chi connectivity index (χ1v) is 8.68. The Balaban J connectivity index is 0.000000370. The molecule has 0 aliphatic carbocycles. The summed E-state index contributed by atoms with van der Waals surface area (Å²) in [6.45, 7) is 4.76. The molecule has 1 aliphatic rings. The second-order valence-electron chi connectivity index (χ2n) is 5.96. The SMILES string of the molecule is O=C(NCCN1CCOCC1)c1cc(-c2ccccc2)on1.O=C(O)C(F)(F)F. The topological polar surface area (TPSA) is 105 Å². The number of hydrogen-bond donors (Lipinski definition) is 2. The molecule has 1 aliphatic heterocycles. The summed E-state index contributed by atoms with van der Waals surface area (Å²) < 4.78 is 42.3. The maximum atomic E-state index is 12.1. The van der Waals surface area contributed by atoms with Crippen molar-refractivity contribution in [2.75, 3.05) is 39.4 Å². The quantitative estimate of drug-likeness (QED) is 0.770. The number of benzene rings is 1. The van der Waals surface area contributed by atoms with E-state index in [1.807, 2.05) is 30.3 Å². The molecule has 3 rings (SSSR count). The molecule has 2 N–H and O–H groups in total. The fourth-order valence-corrected chi connectivity index (χ4v) is 2.36. The Kier molecular flexibility index (Phi) is 8.16. The largest absolute Gasteiger partial charge is 0.490 e. The summed E-state index contributed by atoms with van der Waals surface area (Å²) in [4.78, 5) is 23.2. The molecule has 2 heterocycles. The summed E-state index contributed by atoms with van der Waals surface area (Å²) in [6.07, 6.45) is -5.08. The van der Waals surface area contributed by atoms with Crippen LogP contribution in [0.4, 0.5) is 13.2 Å². The summed E-state index contributed by atoms with van der Waals surface area (Å²) in [5.41, 5.74) is 1.21. The van der Waals surface area contributed by atoms with Gasteiger partial charge in [0.15, 0.2) is 11.5 Å². The molecule has 8 nitrogen and oxygen atoms in total. The van der Waals surface area contributed by atoms with Crippen LogP contribution in [0.5, 0.6) is 0 Å². The van der Waals surface area contributed by atoms with Gasteiger partial charge in [-0.15, -0.1) is 0 Å². The molecule has 11 heteroatoms. The number of amides is 1. The van der Waals surface area contributed by atoms with Crippen LogP contribution in [0.1, 0.15) is 10.5 Å². The van der Waals surface area contributed by atoms with Crippen LogP contribution in [0.15, 0.2) is 40.9 Å². The van der Waals surface area contributed by atoms with E-state index in [0.717, 1.165) is 38.4 Å². The number of aliphatic carboxylic acids is 1. The third-order valence-corrected chi connectivity index (χ3v) is 3.86. The first-order valence-electron chi connectivity index (χ1n) is 8.68. The number of hydrogen-bond acceptors (Lipinski definition) is 6. The Bertz CT molecular complexity index is 790. The predicted octanol–water partition coefficient (Wildman–Crippen LogP) is 2.04. The zero-order valence-corrected chi connectivity index (χ0v) is 15.3. The molecule has 1 fully saturated rings. The number of rotatable bonds is 5. The molecule has 1 aromatic carbocycles. The molecule has 1 amide bonds. The van der Waals surface area contributed by atoms with E-state index in [1.54, 1.807) is 6.07 Å². The zero-order chi connectivity index (χ0) is 21.3. The van der Waals surface area contributed by atoms with Crippen molar-refractivity contribution in [2.24, 2.45) is 0 Å². The van der Waals surface area contributed by atoms with Gasteiger partial charge in [0.05, 0.1) is 13.2 Å². The van der Waals surface area contributed by atoms with Gasteiger partial charge in [-0.1, -0.05) is 35.5 Å². The first-order chi connectivity index (χ1) is 13.8. The van der Waals surface area contributed by atoms with Gasteiger partial charge in [0.25, 0.3) is 5.91 Å². The summed E-state index contributed by atoms with van der Waals surface area (Å²) in [5.74, 6) is -2.37. The second-order valence-corrected chi connectivity index (χ2v) is 5.96. The number of carbonyl (C=O) groups excluding carboxylic acids is 1. The number of halogens is 3. The minimum Gasteiger partial charge on any atom is -0.475 e. The van der Waals surface area contributed by atoms with E-state index in [2.05, 4.69) is 15.4 Å². The lowest BCUT2D eigenvalue weighted by molar-refractivity contribution is -0.192. The summed E-state index contributed by atoms with van der Waals surface area (Å²) in [5, 5.41) is 13.8. The lowest BCUT2D eigenvalue weighted by Gasteiger charge is -2.26. The van der Waals surface area contributed by atoms with Crippen LogP contribution in [-0.2, 0) is 9.53 Å². The van der Waals surface area contributed by atoms with Crippen molar-refractivity contribution in [1.82, 2.24) is 15.4 Å². The summed E-state index contributed by atoms with van der Waals surface area (Å²) >= 11 is 0. The second kappa shape index (κ2) is 10.6. The van der Waals surface area contributed by atoms with Crippen LogP contribution in [0.2, 0.25) is 0 Å². The van der Waals surface area contributed by atoms with E-state index in [-0.39, 0.29) is 5.91 Å². The molecule has 0 spiro atoms. The fraction of sp³-hybridized carbons (Fsp3) is 0.389. The zero-order valence-electron chi connectivity index (χ0n) is 15.3. The number of carboxylic acid groups (broad SMARTS) is 1. The lowest BCUT2D eigenvalue weighted by atomic mass is 10.1. The van der Waals surface area contributed by atoms with E-state index < -0.39 is 12.1 Å². The highest BCUT2D eigenvalue weighted by Crippen LogP contribution is 2.19. The van der Waals surface area contributed by atoms with Gasteiger partial charge in [0.2, 0.25) is 0 Å². The Labute approximate surface area is 164 Å². The molecular weight excluding hydrogens is 395 g/mol. The maximum absolute atomic E-state index is 12.1. The van der Waals surface area contributed by atoms with Crippen molar-refractivity contribution in [3.8, 4) is 11.3 Å². The Morgan fingerprint density at radius 3 is 2.38 bits per heavy atom. The third-order valence-electron chi connectivity index (χ3n) is 3.86. The van der Waals surface area contributed by atoms with Gasteiger partial charge in [-0.25, -0.2) is 4.79 Å². The number of ether oxygens (including phenoxy) is 1. The molecule has 1 saturated heterocycles. The highest BCUT2D eigenvalue weighted by Gasteiger charge is 2.38. The fourth-order valence-electron chi connectivity index (χ4n) is 2.36. The van der Waals surface area contributed by atoms with E-state index in [4.69, 9.17) is 19.2 Å². The minimum atomic E-state index is -5.08. The number of morpholine rings is 1. The Hall–Kier alpha value is -2.92. The standard InChI is InChI=1S/C16H19N3O3.C2HF3O2/c20-16(17-6-7-19-8-10-21-11-9-19)14-12-15(22-18-14)13-4-2-1-3-5-13;3-2(4,5)1(6)7/h1-5,12H,6-11H2,(H,17,20);(H,6,7). The van der Waals surface area contributed by atoms with Gasteiger partial charge in [-0.3, -0.25) is 9.69 Å².